The molecule has 2 aromatic carbocycles. The van der Waals surface area contributed by atoms with Gasteiger partial charge in [-0.15, -0.1) is 0 Å². The minimum Gasteiger partial charge on any atom is -0.317 e. The maximum atomic E-state index is 13.5. The van der Waals surface area contributed by atoms with E-state index in [2.05, 4.69) is 22.4 Å². The number of carbonyl (C=O) groups excluding carboxylic acids is 1. The average Bonchev–Trinajstić information content (AvgIpc) is 2.77. The molecular formula is C23H22ClN3O. The van der Waals surface area contributed by atoms with Crippen LogP contribution in [0.2, 0.25) is 5.02 Å². The molecule has 3 aromatic rings. The maximum absolute atomic E-state index is 13.5. The summed E-state index contributed by atoms with van der Waals surface area (Å²) < 4.78 is 0. The topological polar surface area (TPSA) is 45.2 Å². The summed E-state index contributed by atoms with van der Waals surface area (Å²) in [4.78, 5) is 19.6. The summed E-state index contributed by atoms with van der Waals surface area (Å²) in [6, 6.07) is 21.5. The lowest BCUT2D eigenvalue weighted by molar-refractivity contribution is 0.0971. The molecule has 0 spiro atoms. The van der Waals surface area contributed by atoms with E-state index in [1.165, 1.54) is 0 Å². The van der Waals surface area contributed by atoms with Crippen LogP contribution in [-0.2, 0) is 0 Å². The Labute approximate surface area is 170 Å². The number of piperidine rings is 1. The molecule has 1 N–H and O–H groups in total. The van der Waals surface area contributed by atoms with E-state index >= 15 is 0 Å². The molecule has 0 bridgehead atoms. The SMILES string of the molecule is O=C(c1ccc(-c2ccccc2)cc1)N(c1ncccc1Cl)C1CCNCC1. The zero-order valence-corrected chi connectivity index (χ0v) is 16.3. The van der Waals surface area contributed by atoms with Crippen LogP contribution < -0.4 is 10.2 Å². The molecular weight excluding hydrogens is 370 g/mol. The molecule has 0 aliphatic carbocycles. The van der Waals surface area contributed by atoms with E-state index in [1.54, 1.807) is 23.2 Å². The van der Waals surface area contributed by atoms with Crippen molar-refractivity contribution in [2.24, 2.45) is 0 Å². The van der Waals surface area contributed by atoms with E-state index in [0.717, 1.165) is 37.1 Å². The zero-order chi connectivity index (χ0) is 19.3. The first-order valence-electron chi connectivity index (χ1n) is 9.54. The molecule has 1 aliphatic heterocycles. The Hall–Kier alpha value is -2.69. The highest BCUT2D eigenvalue weighted by molar-refractivity contribution is 6.33. The van der Waals surface area contributed by atoms with Crippen molar-refractivity contribution in [3.8, 4) is 11.1 Å². The van der Waals surface area contributed by atoms with Gasteiger partial charge in [0, 0.05) is 17.8 Å². The summed E-state index contributed by atoms with van der Waals surface area (Å²) >= 11 is 6.40. The molecule has 4 rings (SSSR count). The highest BCUT2D eigenvalue weighted by atomic mass is 35.5. The van der Waals surface area contributed by atoms with Crippen LogP contribution in [0.25, 0.3) is 11.1 Å². The summed E-state index contributed by atoms with van der Waals surface area (Å²) in [7, 11) is 0. The number of nitrogens with zero attached hydrogens (tertiary/aromatic N) is 2. The van der Waals surface area contributed by atoms with Gasteiger partial charge in [0.1, 0.15) is 0 Å². The molecule has 1 aromatic heterocycles. The van der Waals surface area contributed by atoms with Gasteiger partial charge in [-0.25, -0.2) is 4.98 Å². The van der Waals surface area contributed by atoms with Gasteiger partial charge in [0.25, 0.3) is 5.91 Å². The van der Waals surface area contributed by atoms with Crippen molar-refractivity contribution in [3.05, 3.63) is 83.5 Å². The van der Waals surface area contributed by atoms with E-state index in [4.69, 9.17) is 11.6 Å². The van der Waals surface area contributed by atoms with E-state index in [1.807, 2.05) is 42.5 Å². The first-order valence-corrected chi connectivity index (χ1v) is 9.92. The second-order valence-electron chi connectivity index (χ2n) is 6.91. The Kier molecular flexibility index (Phi) is 5.70. The van der Waals surface area contributed by atoms with Crippen molar-refractivity contribution in [2.75, 3.05) is 18.0 Å². The van der Waals surface area contributed by atoms with Gasteiger partial charge in [-0.2, -0.15) is 0 Å². The van der Waals surface area contributed by atoms with Gasteiger partial charge in [-0.05, 0) is 61.3 Å². The molecule has 142 valence electrons. The van der Waals surface area contributed by atoms with Crippen LogP contribution >= 0.6 is 11.6 Å². The van der Waals surface area contributed by atoms with E-state index in [9.17, 15) is 4.79 Å². The lowest BCUT2D eigenvalue weighted by Crippen LogP contribution is -2.47. The first-order chi connectivity index (χ1) is 13.7. The first kappa shape index (κ1) is 18.7. The summed E-state index contributed by atoms with van der Waals surface area (Å²) in [5, 5.41) is 3.84. The van der Waals surface area contributed by atoms with Gasteiger partial charge in [-0.3, -0.25) is 9.69 Å². The van der Waals surface area contributed by atoms with Gasteiger partial charge < -0.3 is 5.32 Å². The van der Waals surface area contributed by atoms with Crippen molar-refractivity contribution >= 4 is 23.3 Å². The molecule has 1 amide bonds. The van der Waals surface area contributed by atoms with Crippen LogP contribution in [0.3, 0.4) is 0 Å². The number of hydrogen-bond acceptors (Lipinski definition) is 3. The van der Waals surface area contributed by atoms with Gasteiger partial charge in [-0.1, -0.05) is 54.1 Å². The highest BCUT2D eigenvalue weighted by Gasteiger charge is 2.30. The number of pyridine rings is 1. The predicted octanol–water partition coefficient (Wildman–Crippen LogP) is 4.80. The number of rotatable bonds is 4. The number of hydrogen-bond donors (Lipinski definition) is 1. The third-order valence-corrected chi connectivity index (χ3v) is 5.39. The van der Waals surface area contributed by atoms with Crippen LogP contribution in [-0.4, -0.2) is 30.0 Å². The lowest BCUT2D eigenvalue weighted by atomic mass is 10.0. The molecule has 5 heteroatoms. The summed E-state index contributed by atoms with van der Waals surface area (Å²) in [5.41, 5.74) is 2.85. The third kappa shape index (κ3) is 3.93. The molecule has 0 unspecified atom stereocenters. The van der Waals surface area contributed by atoms with Gasteiger partial charge in [0.2, 0.25) is 0 Å². The van der Waals surface area contributed by atoms with E-state index in [-0.39, 0.29) is 11.9 Å². The smallest absolute Gasteiger partial charge is 0.259 e. The van der Waals surface area contributed by atoms with Crippen molar-refractivity contribution < 1.29 is 4.79 Å². The Morgan fingerprint density at radius 1 is 0.929 bits per heavy atom. The fraction of sp³-hybridized carbons (Fsp3) is 0.217. The summed E-state index contributed by atoms with van der Waals surface area (Å²) in [6.07, 6.45) is 3.43. The predicted molar refractivity (Wildman–Crippen MR) is 114 cm³/mol. The molecule has 28 heavy (non-hydrogen) atoms. The molecule has 0 saturated carbocycles. The number of anilines is 1. The molecule has 1 saturated heterocycles. The quantitative estimate of drug-likeness (QED) is 0.694. The second kappa shape index (κ2) is 8.55. The van der Waals surface area contributed by atoms with Crippen LogP contribution in [0, 0.1) is 0 Å². The molecule has 1 aliphatic rings. The molecule has 0 atom stereocenters. The van der Waals surface area contributed by atoms with Crippen LogP contribution in [0.4, 0.5) is 5.82 Å². The van der Waals surface area contributed by atoms with E-state index in [0.29, 0.717) is 16.4 Å². The number of amides is 1. The van der Waals surface area contributed by atoms with Crippen LogP contribution in [0.15, 0.2) is 72.9 Å². The van der Waals surface area contributed by atoms with Crippen molar-refractivity contribution in [1.82, 2.24) is 10.3 Å². The zero-order valence-electron chi connectivity index (χ0n) is 15.5. The Balaban J connectivity index is 1.66. The van der Waals surface area contributed by atoms with Crippen molar-refractivity contribution in [2.45, 2.75) is 18.9 Å². The number of nitrogens with one attached hydrogen (secondary N) is 1. The van der Waals surface area contributed by atoms with Gasteiger partial charge in [0.15, 0.2) is 5.82 Å². The van der Waals surface area contributed by atoms with Crippen LogP contribution in [0.1, 0.15) is 23.2 Å². The maximum Gasteiger partial charge on any atom is 0.259 e. The van der Waals surface area contributed by atoms with Gasteiger partial charge in [0.05, 0.1) is 5.02 Å². The number of aromatic nitrogens is 1. The molecule has 0 radical (unpaired) electrons. The summed E-state index contributed by atoms with van der Waals surface area (Å²) in [6.45, 7) is 1.76. The fourth-order valence-corrected chi connectivity index (χ4v) is 3.84. The largest absolute Gasteiger partial charge is 0.317 e. The van der Waals surface area contributed by atoms with Crippen LogP contribution in [0.5, 0.6) is 0 Å². The third-order valence-electron chi connectivity index (χ3n) is 5.10. The molecule has 4 nitrogen and oxygen atoms in total. The number of halogens is 1. The van der Waals surface area contributed by atoms with E-state index < -0.39 is 0 Å². The Morgan fingerprint density at radius 3 is 2.29 bits per heavy atom. The monoisotopic (exact) mass is 391 g/mol. The normalized spacial score (nSPS) is 14.6. The van der Waals surface area contributed by atoms with Crippen molar-refractivity contribution in [1.29, 1.82) is 0 Å². The van der Waals surface area contributed by atoms with Crippen molar-refractivity contribution in [3.63, 3.8) is 0 Å². The lowest BCUT2D eigenvalue weighted by Gasteiger charge is -2.34. The average molecular weight is 392 g/mol. The standard InChI is InChI=1S/C23H22ClN3O/c24-21-7-4-14-26-22(21)27(20-12-15-25-16-13-20)23(28)19-10-8-18(9-11-19)17-5-2-1-3-6-17/h1-11,14,20,25H,12-13,15-16H2. The minimum absolute atomic E-state index is 0.0629. The second-order valence-corrected chi connectivity index (χ2v) is 7.32. The summed E-state index contributed by atoms with van der Waals surface area (Å²) in [5.74, 6) is 0.473. The number of benzene rings is 2. The number of carbonyl (C=O) groups is 1. The molecule has 2 heterocycles. The highest BCUT2D eigenvalue weighted by Crippen LogP contribution is 2.29. The molecule has 1 fully saturated rings. The Bertz CT molecular complexity index is 938. The Morgan fingerprint density at radius 2 is 1.61 bits per heavy atom. The minimum atomic E-state index is -0.0629. The van der Waals surface area contributed by atoms with Gasteiger partial charge >= 0.3 is 0 Å². The fourth-order valence-electron chi connectivity index (χ4n) is 3.63.